The molecular weight excluding hydrogens is 174 g/mol. The number of hydrogen-bond acceptors (Lipinski definition) is 2. The summed E-state index contributed by atoms with van der Waals surface area (Å²) in [7, 11) is 0. The van der Waals surface area contributed by atoms with Crippen LogP contribution in [0, 0.1) is 5.92 Å². The molecule has 0 aliphatic carbocycles. The maximum absolute atomic E-state index is 5.83. The highest BCUT2D eigenvalue weighted by molar-refractivity contribution is 4.67. The first-order valence-corrected chi connectivity index (χ1v) is 5.92. The zero-order valence-corrected chi connectivity index (χ0v) is 10.5. The third kappa shape index (κ3) is 7.34. The van der Waals surface area contributed by atoms with Crippen molar-refractivity contribution in [3.63, 3.8) is 0 Å². The van der Waals surface area contributed by atoms with Gasteiger partial charge in [0.15, 0.2) is 0 Å². The van der Waals surface area contributed by atoms with Crippen LogP contribution < -0.4 is 5.32 Å². The van der Waals surface area contributed by atoms with Gasteiger partial charge in [0, 0.05) is 19.2 Å². The second-order valence-corrected chi connectivity index (χ2v) is 4.57. The number of ether oxygens (including phenoxy) is 1. The normalized spacial score (nSPS) is 13.9. The van der Waals surface area contributed by atoms with Gasteiger partial charge in [-0.1, -0.05) is 41.0 Å². The molecule has 0 aliphatic rings. The number of rotatable bonds is 8. The summed E-state index contributed by atoms with van der Waals surface area (Å²) in [6, 6.07) is 0.547. The van der Waals surface area contributed by atoms with Crippen LogP contribution in [0.1, 0.15) is 47.5 Å². The molecule has 1 atom stereocenters. The van der Waals surface area contributed by atoms with E-state index in [0.717, 1.165) is 13.2 Å². The minimum absolute atomic E-state index is 0.365. The lowest BCUT2D eigenvalue weighted by Gasteiger charge is -2.23. The summed E-state index contributed by atoms with van der Waals surface area (Å²) >= 11 is 0. The largest absolute Gasteiger partial charge is 0.377 e. The van der Waals surface area contributed by atoms with E-state index in [1.807, 2.05) is 0 Å². The van der Waals surface area contributed by atoms with Gasteiger partial charge in [0.25, 0.3) is 0 Å². The molecule has 86 valence electrons. The predicted octanol–water partition coefficient (Wildman–Crippen LogP) is 2.83. The Hall–Kier alpha value is -0.0800. The Morgan fingerprint density at radius 1 is 1.14 bits per heavy atom. The van der Waals surface area contributed by atoms with E-state index in [4.69, 9.17) is 4.74 Å². The van der Waals surface area contributed by atoms with E-state index in [2.05, 4.69) is 39.9 Å². The van der Waals surface area contributed by atoms with Crippen molar-refractivity contribution in [1.82, 2.24) is 5.32 Å². The highest BCUT2D eigenvalue weighted by Crippen LogP contribution is 2.06. The molecule has 14 heavy (non-hydrogen) atoms. The van der Waals surface area contributed by atoms with E-state index in [1.165, 1.54) is 12.8 Å². The molecular formula is C12H27NO. The number of nitrogens with one attached hydrogen (secondary N) is 1. The lowest BCUT2D eigenvalue weighted by Crippen LogP contribution is -2.36. The van der Waals surface area contributed by atoms with Gasteiger partial charge < -0.3 is 10.1 Å². The molecule has 2 nitrogen and oxygen atoms in total. The Kier molecular flexibility index (Phi) is 8.20. The molecule has 0 heterocycles. The maximum atomic E-state index is 5.83. The van der Waals surface area contributed by atoms with E-state index in [-0.39, 0.29) is 0 Å². The molecule has 0 spiro atoms. The quantitative estimate of drug-likeness (QED) is 0.610. The standard InChI is InChI=1S/C12H27NO/c1-6-7-8-14-12(10(2)3)9-13-11(4)5/h10-13H,6-9H2,1-5H3. The third-order valence-electron chi connectivity index (χ3n) is 2.30. The Morgan fingerprint density at radius 2 is 1.79 bits per heavy atom. The first-order valence-electron chi connectivity index (χ1n) is 5.92. The Morgan fingerprint density at radius 3 is 2.21 bits per heavy atom. The summed E-state index contributed by atoms with van der Waals surface area (Å²) in [5.41, 5.74) is 0. The molecule has 1 N–H and O–H groups in total. The van der Waals surface area contributed by atoms with E-state index >= 15 is 0 Å². The molecule has 0 bridgehead atoms. The van der Waals surface area contributed by atoms with Crippen molar-refractivity contribution < 1.29 is 4.74 Å². The van der Waals surface area contributed by atoms with Gasteiger partial charge in [0.2, 0.25) is 0 Å². The highest BCUT2D eigenvalue weighted by atomic mass is 16.5. The Balaban J connectivity index is 3.66. The van der Waals surface area contributed by atoms with Crippen LogP contribution in [-0.2, 0) is 4.74 Å². The van der Waals surface area contributed by atoms with Crippen LogP contribution in [0.4, 0.5) is 0 Å². The molecule has 0 saturated carbocycles. The molecule has 0 aromatic carbocycles. The van der Waals surface area contributed by atoms with Crippen molar-refractivity contribution in [2.75, 3.05) is 13.2 Å². The minimum Gasteiger partial charge on any atom is -0.377 e. The SMILES string of the molecule is CCCCOC(CNC(C)C)C(C)C. The molecule has 0 aliphatic heterocycles. The van der Waals surface area contributed by atoms with Gasteiger partial charge in [-0.2, -0.15) is 0 Å². The zero-order valence-electron chi connectivity index (χ0n) is 10.5. The molecule has 1 unspecified atom stereocenters. The van der Waals surface area contributed by atoms with Gasteiger partial charge in [-0.05, 0) is 12.3 Å². The van der Waals surface area contributed by atoms with Crippen LogP contribution >= 0.6 is 0 Å². The van der Waals surface area contributed by atoms with Gasteiger partial charge in [-0.15, -0.1) is 0 Å². The topological polar surface area (TPSA) is 21.3 Å². The first kappa shape index (κ1) is 13.9. The molecule has 2 heteroatoms. The number of unbranched alkanes of at least 4 members (excludes halogenated alkanes) is 1. The fraction of sp³-hybridized carbons (Fsp3) is 1.00. The third-order valence-corrected chi connectivity index (χ3v) is 2.30. The molecule has 0 aromatic heterocycles. The van der Waals surface area contributed by atoms with Crippen molar-refractivity contribution in [3.8, 4) is 0 Å². The van der Waals surface area contributed by atoms with Crippen LogP contribution in [0.25, 0.3) is 0 Å². The first-order chi connectivity index (χ1) is 6.57. The van der Waals surface area contributed by atoms with Crippen molar-refractivity contribution in [2.45, 2.75) is 59.6 Å². The van der Waals surface area contributed by atoms with Crippen molar-refractivity contribution in [3.05, 3.63) is 0 Å². The fourth-order valence-electron chi connectivity index (χ4n) is 1.22. The average molecular weight is 201 g/mol. The van der Waals surface area contributed by atoms with Crippen LogP contribution in [0.5, 0.6) is 0 Å². The molecule has 0 saturated heterocycles. The van der Waals surface area contributed by atoms with Gasteiger partial charge >= 0.3 is 0 Å². The summed E-state index contributed by atoms with van der Waals surface area (Å²) in [6.45, 7) is 12.8. The molecule has 0 fully saturated rings. The van der Waals surface area contributed by atoms with Crippen LogP contribution in [-0.4, -0.2) is 25.3 Å². The predicted molar refractivity (Wildman–Crippen MR) is 62.6 cm³/mol. The van der Waals surface area contributed by atoms with Crippen molar-refractivity contribution in [1.29, 1.82) is 0 Å². The maximum Gasteiger partial charge on any atom is 0.0722 e. The second kappa shape index (κ2) is 8.25. The average Bonchev–Trinajstić information content (AvgIpc) is 2.10. The van der Waals surface area contributed by atoms with Crippen LogP contribution in [0.3, 0.4) is 0 Å². The summed E-state index contributed by atoms with van der Waals surface area (Å²) in [4.78, 5) is 0. The van der Waals surface area contributed by atoms with E-state index in [1.54, 1.807) is 0 Å². The lowest BCUT2D eigenvalue weighted by molar-refractivity contribution is 0.0203. The van der Waals surface area contributed by atoms with Crippen molar-refractivity contribution in [2.24, 2.45) is 5.92 Å². The van der Waals surface area contributed by atoms with Crippen LogP contribution in [0.15, 0.2) is 0 Å². The molecule has 0 aromatic rings. The minimum atomic E-state index is 0.365. The zero-order chi connectivity index (χ0) is 11.0. The monoisotopic (exact) mass is 201 g/mol. The van der Waals surface area contributed by atoms with Gasteiger partial charge in [0.1, 0.15) is 0 Å². The summed E-state index contributed by atoms with van der Waals surface area (Å²) in [5, 5.41) is 3.43. The summed E-state index contributed by atoms with van der Waals surface area (Å²) in [6.07, 6.45) is 2.75. The summed E-state index contributed by atoms with van der Waals surface area (Å²) < 4.78 is 5.83. The summed E-state index contributed by atoms with van der Waals surface area (Å²) in [5.74, 6) is 0.595. The number of hydrogen-bond donors (Lipinski definition) is 1. The van der Waals surface area contributed by atoms with Gasteiger partial charge in [0.05, 0.1) is 6.10 Å². The molecule has 0 rings (SSSR count). The Bertz CT molecular complexity index is 123. The van der Waals surface area contributed by atoms with Crippen LogP contribution in [0.2, 0.25) is 0 Å². The van der Waals surface area contributed by atoms with Crippen molar-refractivity contribution >= 4 is 0 Å². The lowest BCUT2D eigenvalue weighted by atomic mass is 10.1. The highest BCUT2D eigenvalue weighted by Gasteiger charge is 2.13. The van der Waals surface area contributed by atoms with E-state index < -0.39 is 0 Å². The Labute approximate surface area is 89.4 Å². The smallest absolute Gasteiger partial charge is 0.0722 e. The fourth-order valence-corrected chi connectivity index (χ4v) is 1.22. The second-order valence-electron chi connectivity index (χ2n) is 4.57. The van der Waals surface area contributed by atoms with E-state index in [9.17, 15) is 0 Å². The van der Waals surface area contributed by atoms with Gasteiger partial charge in [-0.25, -0.2) is 0 Å². The van der Waals surface area contributed by atoms with E-state index in [0.29, 0.717) is 18.1 Å². The van der Waals surface area contributed by atoms with Gasteiger partial charge in [-0.3, -0.25) is 0 Å². The molecule has 0 amide bonds. The molecule has 0 radical (unpaired) electrons.